The first kappa shape index (κ1) is 71.8. The van der Waals surface area contributed by atoms with Gasteiger partial charge in [0, 0.05) is 40.0 Å². The van der Waals surface area contributed by atoms with E-state index in [0.717, 1.165) is 11.3 Å². The molecular formula is C62H48BF24IrP. The van der Waals surface area contributed by atoms with Gasteiger partial charge in [-0.2, -0.15) is 127 Å². The maximum absolute atomic E-state index is 14.2. The molecular weight excluding hydrogens is 1430 g/mol. The van der Waals surface area contributed by atoms with E-state index < -0.39 is 203 Å². The van der Waals surface area contributed by atoms with Crippen LogP contribution in [0.1, 0.15) is 95.9 Å². The molecule has 0 saturated heterocycles. The second kappa shape index (κ2) is 27.7. The molecule has 27 heteroatoms. The summed E-state index contributed by atoms with van der Waals surface area (Å²) in [6.07, 6.45) is -38.6. The van der Waals surface area contributed by atoms with Crippen LogP contribution in [0.4, 0.5) is 105 Å². The van der Waals surface area contributed by atoms with Gasteiger partial charge in [0.2, 0.25) is 0 Å². The van der Waals surface area contributed by atoms with Gasteiger partial charge in [0.1, 0.15) is 6.15 Å². The van der Waals surface area contributed by atoms with Crippen molar-refractivity contribution in [2.75, 3.05) is 0 Å². The molecule has 7 aromatic rings. The van der Waals surface area contributed by atoms with Crippen LogP contribution in [0.15, 0.2) is 176 Å². The Kier molecular flexibility index (Phi) is 22.3. The van der Waals surface area contributed by atoms with Crippen LogP contribution in [0.2, 0.25) is 0 Å². The predicted molar refractivity (Wildman–Crippen MR) is 290 cm³/mol. The molecule has 1 unspecified atom stereocenters. The normalized spacial score (nSPS) is 16.1. The molecule has 0 heterocycles. The summed E-state index contributed by atoms with van der Waals surface area (Å²) in [6, 6.07) is 23.6. The molecule has 7 aromatic carbocycles. The monoisotopic (exact) mass is 1480 g/mol. The Morgan fingerprint density at radius 2 is 0.584 bits per heavy atom. The van der Waals surface area contributed by atoms with Crippen LogP contribution in [-0.2, 0) is 69.5 Å². The molecule has 9 rings (SSSR count). The third-order valence-electron chi connectivity index (χ3n) is 15.2. The maximum Gasteiger partial charge on any atom is 0.416 e. The molecule has 0 nitrogen and oxygen atoms in total. The van der Waals surface area contributed by atoms with Crippen LogP contribution in [0.25, 0.3) is 11.1 Å². The van der Waals surface area contributed by atoms with Crippen molar-refractivity contribution in [3.8, 4) is 11.1 Å². The first-order valence-electron chi connectivity index (χ1n) is 26.7. The van der Waals surface area contributed by atoms with Gasteiger partial charge in [-0.05, 0) is 74.4 Å². The Balaban J connectivity index is 0.000000320. The zero-order chi connectivity index (χ0) is 65.1. The van der Waals surface area contributed by atoms with Crippen LogP contribution in [0.5, 0.6) is 0 Å². The molecule has 0 aromatic heterocycles. The third-order valence-corrected chi connectivity index (χ3v) is 19.1. The Morgan fingerprint density at radius 3 is 0.865 bits per heavy atom. The van der Waals surface area contributed by atoms with E-state index in [0.29, 0.717) is 0 Å². The van der Waals surface area contributed by atoms with Gasteiger partial charge in [-0.3, -0.25) is 0 Å². The second-order valence-corrected chi connectivity index (χ2v) is 24.1. The van der Waals surface area contributed by atoms with Crippen LogP contribution in [0.3, 0.4) is 0 Å². The van der Waals surface area contributed by atoms with Gasteiger partial charge in [0.05, 0.1) is 61.1 Å². The van der Waals surface area contributed by atoms with Crippen molar-refractivity contribution in [3.63, 3.8) is 0 Å². The van der Waals surface area contributed by atoms with E-state index in [1.807, 2.05) is 36.4 Å². The van der Waals surface area contributed by atoms with E-state index in [1.165, 1.54) is 62.5 Å². The van der Waals surface area contributed by atoms with Gasteiger partial charge < -0.3 is 0 Å². The molecule has 0 spiro atoms. The smallest absolute Gasteiger partial charge is 0.194 e. The molecule has 0 amide bonds. The average molecular weight is 1480 g/mol. The van der Waals surface area contributed by atoms with E-state index in [2.05, 4.69) is 66.7 Å². The summed E-state index contributed by atoms with van der Waals surface area (Å²) < 4.78 is 341. The zero-order valence-electron chi connectivity index (χ0n) is 45.5. The minimum absolute atomic E-state index is 0. The van der Waals surface area contributed by atoms with Crippen molar-refractivity contribution in [2.24, 2.45) is 0 Å². The van der Waals surface area contributed by atoms with E-state index in [-0.39, 0.29) is 20.1 Å². The first-order chi connectivity index (χ1) is 40.7. The molecule has 2 aliphatic carbocycles. The summed E-state index contributed by atoms with van der Waals surface area (Å²) in [5.74, 6) is 0. The fraction of sp³-hybridized carbons (Fsp3) is 0.290. The SMILES string of the molecule is C1=CC[C@H]([PH+](c2ccccc2-c2ccccc2)C2CCCCC2)CC1.FC(F)(F)c1cc([B-](c2cc(C(F)(F)F)cc(C(F)(F)F)c2)(c2cc(C(F)(F)F)cc(C(F)(F)F)c2)c2cc(C(F)(F)F)cc(C(F)(F)F)c2)cc(C(F)(F)F)c1.[Ir].c1ccccc1. The van der Waals surface area contributed by atoms with E-state index in [4.69, 9.17) is 0 Å². The maximum atomic E-state index is 14.2. The van der Waals surface area contributed by atoms with Crippen molar-refractivity contribution in [3.05, 3.63) is 220 Å². The predicted octanol–water partition coefficient (Wildman–Crippen LogP) is 19.5. The number of hydrogen-bond acceptors (Lipinski definition) is 0. The minimum Gasteiger partial charge on any atom is -0.194 e. The average Bonchev–Trinajstić information content (AvgIpc) is 0.713. The second-order valence-electron chi connectivity index (χ2n) is 21.1. The molecule has 0 aliphatic heterocycles. The van der Waals surface area contributed by atoms with Crippen molar-refractivity contribution in [1.82, 2.24) is 0 Å². The topological polar surface area (TPSA) is 0 Å². The first-order valence-corrected chi connectivity index (χ1v) is 28.4. The molecule has 1 saturated carbocycles. The summed E-state index contributed by atoms with van der Waals surface area (Å²) >= 11 is 0. The summed E-state index contributed by atoms with van der Waals surface area (Å²) in [4.78, 5) is 0. The molecule has 2 aliphatic rings. The van der Waals surface area contributed by atoms with Crippen molar-refractivity contribution < 1.29 is 125 Å². The molecule has 1 radical (unpaired) electrons. The van der Waals surface area contributed by atoms with Gasteiger partial charge in [-0.1, -0.05) is 152 Å². The van der Waals surface area contributed by atoms with Crippen LogP contribution in [-0.4, -0.2) is 17.5 Å². The summed E-state index contributed by atoms with van der Waals surface area (Å²) in [6.45, 7) is 0. The summed E-state index contributed by atoms with van der Waals surface area (Å²) in [5.41, 5.74) is -25.4. The number of hydrogen-bond donors (Lipinski definition) is 0. The van der Waals surface area contributed by atoms with Crippen LogP contribution < -0.4 is 27.2 Å². The van der Waals surface area contributed by atoms with Crippen molar-refractivity contribution in [2.45, 2.75) is 112 Å². The Hall–Kier alpha value is -6.26. The molecule has 1 fully saturated rings. The summed E-state index contributed by atoms with van der Waals surface area (Å²) in [5, 5.41) is 1.71. The fourth-order valence-corrected chi connectivity index (χ4v) is 15.6. The molecule has 0 bridgehead atoms. The quantitative estimate of drug-likeness (QED) is 0.0616. The van der Waals surface area contributed by atoms with Gasteiger partial charge in [0.25, 0.3) is 0 Å². The number of halogens is 24. The fourth-order valence-electron chi connectivity index (χ4n) is 11.3. The Morgan fingerprint density at radius 1 is 0.303 bits per heavy atom. The van der Waals surface area contributed by atoms with E-state index in [1.54, 1.807) is 5.30 Å². The van der Waals surface area contributed by atoms with E-state index in [9.17, 15) is 105 Å². The standard InChI is InChI=1S/C32H12BF24.C24H29P.C6H6.Ir/c34-25(35,36)13-1-14(26(37,38)39)6-21(5-13)33(22-7-15(27(40,41)42)2-16(8-22)28(43,44)45,23-9-17(29(46,47)48)3-18(10-23)30(49,50)51)24-11-19(31(52,53)54)4-20(12-24)32(55,56)57;1-4-12-20(13-5-1)23-18-10-11-19-24(23)25(21-14-6-2-7-15-21)22-16-8-3-9-17-22;1-2-4-6-5-3-1;/h1-12H;1-2,4-6,10-13,18-19,21-22H,3,7-9,14-17H2;1-6H;/q-1;;;/p+1/t;21-,25?;;/m.0../s1. The van der Waals surface area contributed by atoms with Gasteiger partial charge in [0.15, 0.2) is 0 Å². The number of allylic oxidation sites excluding steroid dienone is 2. The Labute approximate surface area is 508 Å². The molecule has 481 valence electrons. The van der Waals surface area contributed by atoms with Gasteiger partial charge in [-0.15, -0.1) is 0 Å². The number of alkyl halides is 24. The number of rotatable bonds is 8. The molecule has 0 N–H and O–H groups in total. The van der Waals surface area contributed by atoms with Crippen molar-refractivity contribution >= 4 is 41.2 Å². The van der Waals surface area contributed by atoms with Crippen LogP contribution >= 0.6 is 7.92 Å². The zero-order valence-corrected chi connectivity index (χ0v) is 48.9. The summed E-state index contributed by atoms with van der Waals surface area (Å²) in [7, 11) is -0.551. The van der Waals surface area contributed by atoms with Gasteiger partial charge in [-0.25, -0.2) is 0 Å². The Bertz CT molecular complexity index is 3040. The largest absolute Gasteiger partial charge is 0.416 e. The minimum atomic E-state index is -6.13. The van der Waals surface area contributed by atoms with E-state index >= 15 is 0 Å². The van der Waals surface area contributed by atoms with Gasteiger partial charge >= 0.3 is 49.4 Å². The number of benzene rings is 7. The molecule has 89 heavy (non-hydrogen) atoms. The van der Waals surface area contributed by atoms with Crippen LogP contribution in [0, 0.1) is 0 Å². The molecule has 2 atom stereocenters. The third kappa shape index (κ3) is 17.8. The van der Waals surface area contributed by atoms with Crippen molar-refractivity contribution in [1.29, 1.82) is 0 Å².